The number of halogens is 1. The minimum Gasteiger partial charge on any atom is -0.456 e. The first-order chi connectivity index (χ1) is 7.54. The third-order valence-corrected chi connectivity index (χ3v) is 1.93. The molecule has 0 radical (unpaired) electrons. The molecule has 0 spiro atoms. The maximum Gasteiger partial charge on any atom is 0.384 e. The van der Waals surface area contributed by atoms with E-state index in [1.165, 1.54) is 12.1 Å². The molecule has 0 saturated heterocycles. The molecule has 1 aromatic rings. The first-order valence-electron chi connectivity index (χ1n) is 4.79. The van der Waals surface area contributed by atoms with E-state index in [1.807, 2.05) is 0 Å². The zero-order valence-corrected chi connectivity index (χ0v) is 9.13. The van der Waals surface area contributed by atoms with Crippen molar-refractivity contribution in [3.8, 4) is 11.8 Å². The van der Waals surface area contributed by atoms with Crippen LogP contribution in [0.4, 0.5) is 10.1 Å². The number of nitrogens with two attached hydrogens (primary N) is 1. The molecule has 16 heavy (non-hydrogen) atoms. The highest BCUT2D eigenvalue weighted by Gasteiger charge is 2.03. The van der Waals surface area contributed by atoms with Gasteiger partial charge in [0, 0.05) is 11.6 Å². The van der Waals surface area contributed by atoms with Crippen LogP contribution in [0, 0.1) is 24.6 Å². The van der Waals surface area contributed by atoms with Gasteiger partial charge in [-0.1, -0.05) is 5.92 Å². The van der Waals surface area contributed by atoms with Gasteiger partial charge in [0.25, 0.3) is 0 Å². The molecule has 0 heterocycles. The van der Waals surface area contributed by atoms with Gasteiger partial charge in [-0.15, -0.1) is 0 Å². The first kappa shape index (κ1) is 12.1. The van der Waals surface area contributed by atoms with Crippen LogP contribution >= 0.6 is 0 Å². The van der Waals surface area contributed by atoms with Crippen LogP contribution in [0.1, 0.15) is 18.1 Å². The average Bonchev–Trinajstić information content (AvgIpc) is 2.22. The van der Waals surface area contributed by atoms with E-state index in [4.69, 9.17) is 5.73 Å². The van der Waals surface area contributed by atoms with Crippen molar-refractivity contribution < 1.29 is 13.9 Å². The Morgan fingerprint density at radius 1 is 1.56 bits per heavy atom. The molecule has 0 fully saturated rings. The maximum absolute atomic E-state index is 13.4. The molecule has 0 aliphatic heterocycles. The molecule has 4 heteroatoms. The topological polar surface area (TPSA) is 52.3 Å². The van der Waals surface area contributed by atoms with Gasteiger partial charge in [0.05, 0.1) is 12.2 Å². The van der Waals surface area contributed by atoms with E-state index < -0.39 is 11.8 Å². The summed E-state index contributed by atoms with van der Waals surface area (Å²) in [5, 5.41) is 0. The molecule has 2 N–H and O–H groups in total. The van der Waals surface area contributed by atoms with Crippen LogP contribution in [0.3, 0.4) is 0 Å². The van der Waals surface area contributed by atoms with Gasteiger partial charge in [0.1, 0.15) is 5.82 Å². The molecule has 0 saturated carbocycles. The van der Waals surface area contributed by atoms with Crippen molar-refractivity contribution in [1.82, 2.24) is 0 Å². The number of carbonyl (C=O) groups excluding carboxylic acids is 1. The van der Waals surface area contributed by atoms with Gasteiger partial charge in [-0.3, -0.25) is 0 Å². The lowest BCUT2D eigenvalue weighted by Gasteiger charge is -2.01. The van der Waals surface area contributed by atoms with Gasteiger partial charge in [-0.25, -0.2) is 9.18 Å². The fraction of sp³-hybridized carbons (Fsp3) is 0.250. The standard InChI is InChI=1S/C12H12FNO2/c1-3-16-12(15)5-4-9-7-11(14)8(2)6-10(9)13/h6-7H,3,14H2,1-2H3. The van der Waals surface area contributed by atoms with Crippen LogP contribution in [0.2, 0.25) is 0 Å². The number of rotatable bonds is 1. The smallest absolute Gasteiger partial charge is 0.384 e. The van der Waals surface area contributed by atoms with Gasteiger partial charge in [0.2, 0.25) is 0 Å². The fourth-order valence-corrected chi connectivity index (χ4v) is 1.07. The monoisotopic (exact) mass is 221 g/mol. The lowest BCUT2D eigenvalue weighted by molar-refractivity contribution is -0.136. The van der Waals surface area contributed by atoms with Crippen molar-refractivity contribution >= 4 is 11.7 Å². The molecule has 0 aliphatic rings. The molecule has 0 aromatic heterocycles. The molecule has 1 rings (SSSR count). The van der Waals surface area contributed by atoms with Crippen LogP contribution in [-0.2, 0) is 9.53 Å². The molecular weight excluding hydrogens is 209 g/mol. The fourth-order valence-electron chi connectivity index (χ4n) is 1.07. The average molecular weight is 221 g/mol. The summed E-state index contributed by atoms with van der Waals surface area (Å²) in [5.74, 6) is 3.39. The van der Waals surface area contributed by atoms with E-state index in [2.05, 4.69) is 16.6 Å². The Balaban J connectivity index is 2.97. The van der Waals surface area contributed by atoms with Crippen molar-refractivity contribution in [2.45, 2.75) is 13.8 Å². The van der Waals surface area contributed by atoms with Crippen LogP contribution in [-0.4, -0.2) is 12.6 Å². The minimum atomic E-state index is -0.680. The van der Waals surface area contributed by atoms with E-state index >= 15 is 0 Å². The summed E-state index contributed by atoms with van der Waals surface area (Å²) in [6.45, 7) is 3.61. The Bertz CT molecular complexity index is 472. The summed E-state index contributed by atoms with van der Waals surface area (Å²) >= 11 is 0. The largest absolute Gasteiger partial charge is 0.456 e. The third-order valence-electron chi connectivity index (χ3n) is 1.93. The lowest BCUT2D eigenvalue weighted by atomic mass is 10.1. The molecule has 3 nitrogen and oxygen atoms in total. The number of nitrogen functional groups attached to an aromatic ring is 1. The number of esters is 1. The van der Waals surface area contributed by atoms with Gasteiger partial charge in [0.15, 0.2) is 0 Å². The molecule has 84 valence electrons. The molecular formula is C12H12FNO2. The highest BCUT2D eigenvalue weighted by atomic mass is 19.1. The summed E-state index contributed by atoms with van der Waals surface area (Å²) in [4.78, 5) is 10.9. The van der Waals surface area contributed by atoms with Crippen molar-refractivity contribution in [3.63, 3.8) is 0 Å². The van der Waals surface area contributed by atoms with E-state index in [1.54, 1.807) is 13.8 Å². The second kappa shape index (κ2) is 5.17. The predicted molar refractivity (Wildman–Crippen MR) is 59.1 cm³/mol. The SMILES string of the molecule is CCOC(=O)C#Cc1cc(N)c(C)cc1F. The number of ether oxygens (including phenoxy) is 1. The second-order valence-corrected chi connectivity index (χ2v) is 3.16. The Kier molecular flexibility index (Phi) is 3.90. The van der Waals surface area contributed by atoms with Gasteiger partial charge in [-0.05, 0) is 31.5 Å². The maximum atomic E-state index is 13.4. The quantitative estimate of drug-likeness (QED) is 0.445. The molecule has 1 aromatic carbocycles. The zero-order valence-electron chi connectivity index (χ0n) is 9.13. The first-order valence-corrected chi connectivity index (χ1v) is 4.79. The highest BCUT2D eigenvalue weighted by Crippen LogP contribution is 2.16. The van der Waals surface area contributed by atoms with Gasteiger partial charge < -0.3 is 10.5 Å². The number of benzene rings is 1. The van der Waals surface area contributed by atoms with E-state index in [0.717, 1.165) is 0 Å². The van der Waals surface area contributed by atoms with Crippen LogP contribution in [0.25, 0.3) is 0 Å². The van der Waals surface area contributed by atoms with Crippen LogP contribution in [0.15, 0.2) is 12.1 Å². The Morgan fingerprint density at radius 3 is 2.88 bits per heavy atom. The van der Waals surface area contributed by atoms with Crippen molar-refractivity contribution in [2.24, 2.45) is 0 Å². The Morgan fingerprint density at radius 2 is 2.25 bits per heavy atom. The summed E-state index contributed by atoms with van der Waals surface area (Å²) in [7, 11) is 0. The number of carbonyl (C=O) groups is 1. The Labute approximate surface area is 93.4 Å². The molecule has 0 bridgehead atoms. The summed E-state index contributed by atoms with van der Waals surface area (Å²) in [6.07, 6.45) is 0. The molecule has 0 amide bonds. The highest BCUT2D eigenvalue weighted by molar-refractivity contribution is 5.89. The summed E-state index contributed by atoms with van der Waals surface area (Å²) in [5.41, 5.74) is 6.78. The lowest BCUT2D eigenvalue weighted by Crippen LogP contribution is -2.00. The van der Waals surface area contributed by atoms with Gasteiger partial charge >= 0.3 is 5.97 Å². The Hall–Kier alpha value is -2.02. The van der Waals surface area contributed by atoms with Crippen molar-refractivity contribution in [3.05, 3.63) is 29.1 Å². The molecule has 0 aliphatic carbocycles. The summed E-state index contributed by atoms with van der Waals surface area (Å²) < 4.78 is 17.9. The number of hydrogen-bond donors (Lipinski definition) is 1. The molecule has 0 atom stereocenters. The predicted octanol–water partition coefficient (Wildman–Crippen LogP) is 1.63. The number of anilines is 1. The van der Waals surface area contributed by atoms with Crippen molar-refractivity contribution in [1.29, 1.82) is 0 Å². The van der Waals surface area contributed by atoms with Crippen molar-refractivity contribution in [2.75, 3.05) is 12.3 Å². The van der Waals surface area contributed by atoms with E-state index in [0.29, 0.717) is 11.3 Å². The normalized spacial score (nSPS) is 9.19. The molecule has 0 unspecified atom stereocenters. The third kappa shape index (κ3) is 2.99. The van der Waals surface area contributed by atoms with E-state index in [9.17, 15) is 9.18 Å². The summed E-state index contributed by atoms with van der Waals surface area (Å²) in [6, 6.07) is 2.68. The number of aryl methyl sites for hydroxylation is 1. The van der Waals surface area contributed by atoms with Crippen LogP contribution < -0.4 is 5.73 Å². The van der Waals surface area contributed by atoms with Crippen LogP contribution in [0.5, 0.6) is 0 Å². The second-order valence-electron chi connectivity index (χ2n) is 3.16. The van der Waals surface area contributed by atoms with Gasteiger partial charge in [-0.2, -0.15) is 0 Å². The minimum absolute atomic E-state index is 0.0937. The zero-order chi connectivity index (χ0) is 12.1. The number of hydrogen-bond acceptors (Lipinski definition) is 3. The van der Waals surface area contributed by atoms with E-state index in [-0.39, 0.29) is 12.2 Å².